The van der Waals surface area contributed by atoms with Crippen LogP contribution in [0.5, 0.6) is 0 Å². The Balaban J connectivity index is 1.23. The highest BCUT2D eigenvalue weighted by molar-refractivity contribution is 6.12. The van der Waals surface area contributed by atoms with E-state index in [1.807, 2.05) is 0 Å². The Kier molecular flexibility index (Phi) is 7.67. The molecule has 11 rings (SSSR count). The molecule has 1 aromatic heterocycles. The number of rotatable bonds is 7. The van der Waals surface area contributed by atoms with E-state index in [2.05, 4.69) is 215 Å². The lowest BCUT2D eigenvalue weighted by Gasteiger charge is -2.30. The van der Waals surface area contributed by atoms with E-state index in [0.29, 0.717) is 0 Å². The molecule has 1 saturated carbocycles. The number of para-hydroxylation sites is 5. The minimum Gasteiger partial charge on any atom is -0.310 e. The maximum Gasteiger partial charge on any atom is 0.0544 e. The van der Waals surface area contributed by atoms with Gasteiger partial charge in [0.2, 0.25) is 0 Å². The summed E-state index contributed by atoms with van der Waals surface area (Å²) < 4.78 is 2.53. The molecular weight excluding hydrogens is 679 g/mol. The molecule has 2 aliphatic rings. The summed E-state index contributed by atoms with van der Waals surface area (Å²) in [4.78, 5) is 4.77. The summed E-state index contributed by atoms with van der Waals surface area (Å²) in [6.45, 7) is 0. The summed E-state index contributed by atoms with van der Waals surface area (Å²) in [7, 11) is 0. The fourth-order valence-electron chi connectivity index (χ4n) is 9.88. The Morgan fingerprint density at radius 1 is 0.357 bits per heavy atom. The number of nitrogens with zero attached hydrogens (tertiary/aromatic N) is 3. The molecule has 0 N–H and O–H groups in total. The van der Waals surface area contributed by atoms with E-state index in [0.717, 1.165) is 39.8 Å². The second-order valence-electron chi connectivity index (χ2n) is 15.3. The van der Waals surface area contributed by atoms with Crippen LogP contribution in [-0.4, -0.2) is 4.57 Å². The Morgan fingerprint density at radius 2 is 0.839 bits per heavy atom. The monoisotopic (exact) mass is 719 g/mol. The lowest BCUT2D eigenvalue weighted by Crippen LogP contribution is -2.20. The van der Waals surface area contributed by atoms with E-state index in [1.54, 1.807) is 0 Å². The molecule has 268 valence electrons. The van der Waals surface area contributed by atoms with Crippen molar-refractivity contribution in [2.75, 3.05) is 9.80 Å². The number of benzene rings is 8. The molecule has 0 radical (unpaired) electrons. The van der Waals surface area contributed by atoms with Crippen LogP contribution < -0.4 is 9.80 Å². The van der Waals surface area contributed by atoms with Gasteiger partial charge in [-0.3, -0.25) is 0 Å². The van der Waals surface area contributed by atoms with Crippen LogP contribution in [-0.2, 0) is 5.41 Å². The summed E-state index contributed by atoms with van der Waals surface area (Å²) in [5.74, 6) is 0. The van der Waals surface area contributed by atoms with E-state index in [1.165, 1.54) is 69.7 Å². The molecule has 0 amide bonds. The molecule has 0 aliphatic heterocycles. The first-order chi connectivity index (χ1) is 27.8. The zero-order chi connectivity index (χ0) is 37.1. The van der Waals surface area contributed by atoms with E-state index in [9.17, 15) is 0 Å². The topological polar surface area (TPSA) is 11.4 Å². The number of fused-ring (bicyclic) bond motifs is 8. The van der Waals surface area contributed by atoms with Gasteiger partial charge in [-0.05, 0) is 120 Å². The van der Waals surface area contributed by atoms with Crippen molar-refractivity contribution >= 4 is 55.9 Å². The third-order valence-electron chi connectivity index (χ3n) is 12.2. The fourth-order valence-corrected chi connectivity index (χ4v) is 9.88. The first-order valence-corrected chi connectivity index (χ1v) is 19.9. The van der Waals surface area contributed by atoms with E-state index >= 15 is 0 Å². The van der Waals surface area contributed by atoms with Crippen LogP contribution in [0.25, 0.3) is 38.6 Å². The second-order valence-corrected chi connectivity index (χ2v) is 15.3. The molecule has 1 fully saturated rings. The predicted octanol–water partition coefficient (Wildman–Crippen LogP) is 14.6. The van der Waals surface area contributed by atoms with Gasteiger partial charge in [0, 0.05) is 38.9 Å². The summed E-state index contributed by atoms with van der Waals surface area (Å²) in [6, 6.07) is 73.4. The average Bonchev–Trinajstić information content (AvgIpc) is 3.96. The average molecular weight is 720 g/mol. The molecular formula is C53H41N3. The van der Waals surface area contributed by atoms with Gasteiger partial charge in [-0.2, -0.15) is 0 Å². The predicted molar refractivity (Wildman–Crippen MR) is 235 cm³/mol. The molecule has 2 aliphatic carbocycles. The summed E-state index contributed by atoms with van der Waals surface area (Å²) in [5, 5.41) is 2.56. The molecule has 0 bridgehead atoms. The van der Waals surface area contributed by atoms with Crippen LogP contribution in [0.2, 0.25) is 0 Å². The van der Waals surface area contributed by atoms with Gasteiger partial charge in [-0.1, -0.05) is 128 Å². The van der Waals surface area contributed by atoms with Gasteiger partial charge in [0.25, 0.3) is 0 Å². The molecule has 1 spiro atoms. The van der Waals surface area contributed by atoms with Crippen molar-refractivity contribution in [2.24, 2.45) is 0 Å². The van der Waals surface area contributed by atoms with Crippen LogP contribution in [0.15, 0.2) is 200 Å². The van der Waals surface area contributed by atoms with Crippen molar-refractivity contribution < 1.29 is 0 Å². The summed E-state index contributed by atoms with van der Waals surface area (Å²) >= 11 is 0. The van der Waals surface area contributed by atoms with E-state index < -0.39 is 0 Å². The van der Waals surface area contributed by atoms with Gasteiger partial charge < -0.3 is 14.4 Å². The maximum absolute atomic E-state index is 2.57. The lowest BCUT2D eigenvalue weighted by atomic mass is 9.76. The van der Waals surface area contributed by atoms with Crippen LogP contribution in [0.4, 0.5) is 34.1 Å². The first kappa shape index (κ1) is 32.6. The molecule has 56 heavy (non-hydrogen) atoms. The van der Waals surface area contributed by atoms with Crippen molar-refractivity contribution in [3.05, 3.63) is 211 Å². The van der Waals surface area contributed by atoms with Gasteiger partial charge in [0.15, 0.2) is 0 Å². The van der Waals surface area contributed by atoms with Gasteiger partial charge in [-0.15, -0.1) is 0 Å². The summed E-state index contributed by atoms with van der Waals surface area (Å²) in [5.41, 5.74) is 16.1. The zero-order valence-corrected chi connectivity index (χ0v) is 31.2. The van der Waals surface area contributed by atoms with E-state index in [4.69, 9.17) is 0 Å². The molecule has 0 unspecified atom stereocenters. The minimum atomic E-state index is 0.0727. The molecule has 8 aromatic carbocycles. The third kappa shape index (κ3) is 5.12. The number of aromatic nitrogens is 1. The van der Waals surface area contributed by atoms with Crippen LogP contribution >= 0.6 is 0 Å². The number of hydrogen-bond acceptors (Lipinski definition) is 2. The highest BCUT2D eigenvalue weighted by Gasteiger charge is 2.45. The Morgan fingerprint density at radius 3 is 1.39 bits per heavy atom. The standard InChI is InChI=1S/C53H41N3/c1-5-19-38(20-6-1)54(39-21-7-2-8-22-39)42-33-43(55(40-23-9-3-10-24-40)41-25-11-4-12-26-41)35-44(34-42)56-51-30-16-14-28-46(51)48-36-47-45-27-13-15-29-49(45)53(31-17-18-32-53)50(47)37-52(48)56/h1-16,19-30,33-37H,17-18,31-32H2. The first-order valence-electron chi connectivity index (χ1n) is 19.9. The van der Waals surface area contributed by atoms with Gasteiger partial charge in [-0.25, -0.2) is 0 Å². The van der Waals surface area contributed by atoms with E-state index in [-0.39, 0.29) is 5.41 Å². The van der Waals surface area contributed by atoms with Crippen LogP contribution in [0, 0.1) is 0 Å². The highest BCUT2D eigenvalue weighted by atomic mass is 15.2. The zero-order valence-electron chi connectivity index (χ0n) is 31.2. The second kappa shape index (κ2) is 13.2. The molecule has 9 aromatic rings. The van der Waals surface area contributed by atoms with Gasteiger partial charge in [0.1, 0.15) is 0 Å². The Hall–Kier alpha value is -6.84. The Bertz CT molecular complexity index is 2670. The maximum atomic E-state index is 2.57. The molecule has 3 heteroatoms. The van der Waals surface area contributed by atoms with Crippen LogP contribution in [0.3, 0.4) is 0 Å². The molecule has 1 heterocycles. The lowest BCUT2D eigenvalue weighted by molar-refractivity contribution is 0.550. The van der Waals surface area contributed by atoms with Crippen molar-refractivity contribution in [1.82, 2.24) is 4.57 Å². The van der Waals surface area contributed by atoms with Crippen LogP contribution in [0.1, 0.15) is 36.8 Å². The van der Waals surface area contributed by atoms with Gasteiger partial charge in [0.05, 0.1) is 28.1 Å². The van der Waals surface area contributed by atoms with Gasteiger partial charge >= 0.3 is 0 Å². The fraction of sp³-hybridized carbons (Fsp3) is 0.0943. The van der Waals surface area contributed by atoms with Crippen molar-refractivity contribution in [1.29, 1.82) is 0 Å². The molecule has 0 saturated heterocycles. The number of hydrogen-bond donors (Lipinski definition) is 0. The number of anilines is 6. The smallest absolute Gasteiger partial charge is 0.0544 e. The summed E-state index contributed by atoms with van der Waals surface area (Å²) in [6.07, 6.45) is 4.94. The third-order valence-corrected chi connectivity index (χ3v) is 12.2. The normalized spacial score (nSPS) is 13.9. The molecule has 0 atom stereocenters. The molecule has 3 nitrogen and oxygen atoms in total. The van der Waals surface area contributed by atoms with Crippen molar-refractivity contribution in [3.8, 4) is 16.8 Å². The van der Waals surface area contributed by atoms with Crippen molar-refractivity contribution in [3.63, 3.8) is 0 Å². The SMILES string of the molecule is c1ccc(N(c2ccccc2)c2cc(N(c3ccccc3)c3ccccc3)cc(-n3c4ccccc4c4cc5c(cc43)C3(CCCC3)c3ccccc3-5)c2)cc1. The van der Waals surface area contributed by atoms with Crippen molar-refractivity contribution in [2.45, 2.75) is 31.1 Å². The Labute approximate surface area is 328 Å². The minimum absolute atomic E-state index is 0.0727. The quantitative estimate of drug-likeness (QED) is 0.162. The largest absolute Gasteiger partial charge is 0.310 e. The highest BCUT2D eigenvalue weighted by Crippen LogP contribution is 2.58.